The Morgan fingerprint density at radius 3 is 2.67 bits per heavy atom. The van der Waals surface area contributed by atoms with Crippen LogP contribution in [0.15, 0.2) is 0 Å². The SMILES string of the molecule is COCC(O)C(=O)CO. The highest BCUT2D eigenvalue weighted by Gasteiger charge is 2.11. The first-order valence-corrected chi connectivity index (χ1v) is 2.53. The average molecular weight is 134 g/mol. The Morgan fingerprint density at radius 1 is 1.78 bits per heavy atom. The lowest BCUT2D eigenvalue weighted by atomic mass is 10.2. The average Bonchev–Trinajstić information content (AvgIpc) is 1.87. The maximum atomic E-state index is 10.3. The van der Waals surface area contributed by atoms with Gasteiger partial charge in [0.2, 0.25) is 0 Å². The van der Waals surface area contributed by atoms with Crippen molar-refractivity contribution in [3.05, 3.63) is 0 Å². The molecule has 1 unspecified atom stereocenters. The Bertz CT molecular complexity index is 91.0. The third-order valence-electron chi connectivity index (χ3n) is 0.852. The van der Waals surface area contributed by atoms with Crippen LogP contribution in [0.3, 0.4) is 0 Å². The summed E-state index contributed by atoms with van der Waals surface area (Å²) in [4.78, 5) is 10.3. The van der Waals surface area contributed by atoms with Crippen molar-refractivity contribution in [3.8, 4) is 0 Å². The topological polar surface area (TPSA) is 66.8 Å². The van der Waals surface area contributed by atoms with Crippen molar-refractivity contribution in [2.45, 2.75) is 6.10 Å². The predicted octanol–water partition coefficient (Wildman–Crippen LogP) is -1.44. The second kappa shape index (κ2) is 4.43. The molecule has 0 aliphatic heterocycles. The molecule has 54 valence electrons. The molecule has 0 aliphatic rings. The van der Waals surface area contributed by atoms with Crippen LogP contribution in [0.2, 0.25) is 0 Å². The molecule has 0 radical (unpaired) electrons. The Balaban J connectivity index is 3.45. The molecule has 2 N–H and O–H groups in total. The van der Waals surface area contributed by atoms with Gasteiger partial charge in [-0.2, -0.15) is 0 Å². The van der Waals surface area contributed by atoms with Crippen molar-refractivity contribution < 1.29 is 19.7 Å². The molecule has 0 aromatic rings. The van der Waals surface area contributed by atoms with Gasteiger partial charge in [-0.1, -0.05) is 0 Å². The largest absolute Gasteiger partial charge is 0.388 e. The van der Waals surface area contributed by atoms with Gasteiger partial charge < -0.3 is 14.9 Å². The maximum Gasteiger partial charge on any atom is 0.188 e. The highest BCUT2D eigenvalue weighted by Crippen LogP contribution is 1.84. The van der Waals surface area contributed by atoms with E-state index in [1.807, 2.05) is 0 Å². The molecule has 0 spiro atoms. The van der Waals surface area contributed by atoms with Crippen LogP contribution in [-0.2, 0) is 9.53 Å². The molecule has 0 aromatic carbocycles. The van der Waals surface area contributed by atoms with Crippen LogP contribution in [-0.4, -0.2) is 42.4 Å². The minimum Gasteiger partial charge on any atom is -0.388 e. The fourth-order valence-electron chi connectivity index (χ4n) is 0.356. The number of carbonyl (C=O) groups excluding carboxylic acids is 1. The van der Waals surface area contributed by atoms with Gasteiger partial charge in [-0.25, -0.2) is 0 Å². The van der Waals surface area contributed by atoms with Gasteiger partial charge in [0.15, 0.2) is 5.78 Å². The zero-order chi connectivity index (χ0) is 7.28. The Labute approximate surface area is 53.1 Å². The fraction of sp³-hybridized carbons (Fsp3) is 0.800. The van der Waals surface area contributed by atoms with Gasteiger partial charge in [-0.3, -0.25) is 4.79 Å². The van der Waals surface area contributed by atoms with Crippen LogP contribution in [0.25, 0.3) is 0 Å². The van der Waals surface area contributed by atoms with E-state index in [9.17, 15) is 4.79 Å². The molecule has 0 saturated carbocycles. The molecular weight excluding hydrogens is 124 g/mol. The van der Waals surface area contributed by atoms with Crippen molar-refractivity contribution in [1.82, 2.24) is 0 Å². The summed E-state index contributed by atoms with van der Waals surface area (Å²) in [6.07, 6.45) is -1.18. The molecule has 0 fully saturated rings. The molecule has 0 amide bonds. The molecule has 0 heterocycles. The molecule has 0 bridgehead atoms. The molecule has 9 heavy (non-hydrogen) atoms. The van der Waals surface area contributed by atoms with Gasteiger partial charge in [0.25, 0.3) is 0 Å². The van der Waals surface area contributed by atoms with Gasteiger partial charge in [0.05, 0.1) is 6.61 Å². The number of carbonyl (C=O) groups is 1. The number of methoxy groups -OCH3 is 1. The monoisotopic (exact) mass is 134 g/mol. The summed E-state index contributed by atoms with van der Waals surface area (Å²) in [6.45, 7) is -0.691. The van der Waals surface area contributed by atoms with E-state index < -0.39 is 18.5 Å². The number of ether oxygens (including phenoxy) is 1. The summed E-state index contributed by atoms with van der Waals surface area (Å²) in [6, 6.07) is 0. The van der Waals surface area contributed by atoms with Gasteiger partial charge in [0.1, 0.15) is 12.7 Å². The number of aliphatic hydroxyl groups is 2. The van der Waals surface area contributed by atoms with E-state index >= 15 is 0 Å². The van der Waals surface area contributed by atoms with Crippen LogP contribution >= 0.6 is 0 Å². The highest BCUT2D eigenvalue weighted by atomic mass is 16.5. The van der Waals surface area contributed by atoms with E-state index in [0.29, 0.717) is 0 Å². The zero-order valence-corrected chi connectivity index (χ0v) is 5.20. The van der Waals surface area contributed by atoms with Gasteiger partial charge in [-0.15, -0.1) is 0 Å². The van der Waals surface area contributed by atoms with Crippen molar-refractivity contribution in [2.75, 3.05) is 20.3 Å². The van der Waals surface area contributed by atoms with Crippen LogP contribution < -0.4 is 0 Å². The van der Waals surface area contributed by atoms with E-state index in [-0.39, 0.29) is 6.61 Å². The normalized spacial score (nSPS) is 13.2. The first kappa shape index (κ1) is 8.55. The summed E-state index contributed by atoms with van der Waals surface area (Å²) in [5, 5.41) is 16.8. The van der Waals surface area contributed by atoms with Crippen LogP contribution in [0.4, 0.5) is 0 Å². The smallest absolute Gasteiger partial charge is 0.188 e. The number of rotatable bonds is 4. The fourth-order valence-corrected chi connectivity index (χ4v) is 0.356. The lowest BCUT2D eigenvalue weighted by Gasteiger charge is -2.04. The zero-order valence-electron chi connectivity index (χ0n) is 5.20. The second-order valence-corrected chi connectivity index (χ2v) is 1.60. The number of hydrogen-bond donors (Lipinski definition) is 2. The summed E-state index contributed by atoms with van der Waals surface area (Å²) in [7, 11) is 1.37. The summed E-state index contributed by atoms with van der Waals surface area (Å²) < 4.78 is 4.44. The summed E-state index contributed by atoms with van der Waals surface area (Å²) in [5.74, 6) is -0.614. The van der Waals surface area contributed by atoms with E-state index in [4.69, 9.17) is 10.2 Å². The van der Waals surface area contributed by atoms with Crippen molar-refractivity contribution in [1.29, 1.82) is 0 Å². The van der Waals surface area contributed by atoms with Crippen molar-refractivity contribution in [2.24, 2.45) is 0 Å². The summed E-state index contributed by atoms with van der Waals surface area (Å²) >= 11 is 0. The third kappa shape index (κ3) is 3.18. The highest BCUT2D eigenvalue weighted by molar-refractivity contribution is 5.83. The van der Waals surface area contributed by atoms with E-state index in [2.05, 4.69) is 4.74 Å². The molecule has 0 aromatic heterocycles. The molecule has 1 atom stereocenters. The molecule has 4 heteroatoms. The van der Waals surface area contributed by atoms with Crippen molar-refractivity contribution in [3.63, 3.8) is 0 Å². The predicted molar refractivity (Wildman–Crippen MR) is 30.0 cm³/mol. The second-order valence-electron chi connectivity index (χ2n) is 1.60. The van der Waals surface area contributed by atoms with Crippen LogP contribution in [0, 0.1) is 0 Å². The van der Waals surface area contributed by atoms with Crippen LogP contribution in [0.1, 0.15) is 0 Å². The van der Waals surface area contributed by atoms with E-state index in [1.165, 1.54) is 7.11 Å². The van der Waals surface area contributed by atoms with Gasteiger partial charge in [-0.05, 0) is 0 Å². The Kier molecular flexibility index (Phi) is 4.21. The Morgan fingerprint density at radius 2 is 2.33 bits per heavy atom. The van der Waals surface area contributed by atoms with Crippen LogP contribution in [0.5, 0.6) is 0 Å². The standard InChI is InChI=1S/C5H10O4/c1-9-3-5(8)4(7)2-6/h5-6,8H,2-3H2,1H3. The molecular formula is C5H10O4. The molecule has 4 nitrogen and oxygen atoms in total. The number of aliphatic hydroxyl groups excluding tert-OH is 2. The molecule has 0 aliphatic carbocycles. The van der Waals surface area contributed by atoms with Gasteiger partial charge in [0, 0.05) is 7.11 Å². The summed E-state index contributed by atoms with van der Waals surface area (Å²) in [5.41, 5.74) is 0. The minimum atomic E-state index is -1.18. The molecule has 0 rings (SSSR count). The Hall–Kier alpha value is -0.450. The third-order valence-corrected chi connectivity index (χ3v) is 0.852. The number of ketones is 1. The minimum absolute atomic E-state index is 0.0562. The quantitative estimate of drug-likeness (QED) is 0.494. The van der Waals surface area contributed by atoms with E-state index in [0.717, 1.165) is 0 Å². The number of hydrogen-bond acceptors (Lipinski definition) is 4. The lowest BCUT2D eigenvalue weighted by Crippen LogP contribution is -2.27. The van der Waals surface area contributed by atoms with Gasteiger partial charge >= 0.3 is 0 Å². The van der Waals surface area contributed by atoms with Crippen molar-refractivity contribution >= 4 is 5.78 Å². The van der Waals surface area contributed by atoms with E-state index in [1.54, 1.807) is 0 Å². The first-order valence-electron chi connectivity index (χ1n) is 2.53. The molecule has 0 saturated heterocycles. The lowest BCUT2D eigenvalue weighted by molar-refractivity contribution is -0.132. The first-order chi connectivity index (χ1) is 4.22. The number of Topliss-reactive ketones (excluding diaryl/α,β-unsaturated/α-hetero) is 1. The maximum absolute atomic E-state index is 10.3.